The number of benzene rings is 2. The van der Waals surface area contributed by atoms with Gasteiger partial charge < -0.3 is 9.30 Å². The summed E-state index contributed by atoms with van der Waals surface area (Å²) >= 11 is 3.39. The fourth-order valence-electron chi connectivity index (χ4n) is 2.40. The van der Waals surface area contributed by atoms with Crippen LogP contribution < -0.4 is 4.74 Å². The topological polar surface area (TPSA) is 44.1 Å². The van der Waals surface area contributed by atoms with Crippen molar-refractivity contribution in [1.82, 2.24) is 9.55 Å². The minimum atomic E-state index is -0.113. The Hall–Kier alpha value is -2.40. The van der Waals surface area contributed by atoms with Crippen molar-refractivity contribution in [2.45, 2.75) is 13.5 Å². The van der Waals surface area contributed by atoms with Gasteiger partial charge in [0.2, 0.25) is 0 Å². The predicted molar refractivity (Wildman–Crippen MR) is 96.4 cm³/mol. The van der Waals surface area contributed by atoms with Crippen LogP contribution in [-0.2, 0) is 6.54 Å². The van der Waals surface area contributed by atoms with Gasteiger partial charge >= 0.3 is 0 Å². The molecule has 0 radical (unpaired) electrons. The highest BCUT2D eigenvalue weighted by atomic mass is 79.9. The Balaban J connectivity index is 1.65. The second kappa shape index (κ2) is 7.45. The maximum absolute atomic E-state index is 12.5. The number of imidazole rings is 1. The Kier molecular flexibility index (Phi) is 5.11. The quantitative estimate of drug-likeness (QED) is 0.564. The molecule has 0 aliphatic carbocycles. The SMILES string of the molecule is CC(Cn1ccnc1)C(=O)c1ccc(Oc2ccc(Br)cc2)cc1. The van der Waals surface area contributed by atoms with Crippen molar-refractivity contribution in [2.24, 2.45) is 5.92 Å². The Bertz CT molecular complexity index is 796. The molecule has 24 heavy (non-hydrogen) atoms. The number of carbonyl (C=O) groups is 1. The summed E-state index contributed by atoms with van der Waals surface area (Å²) < 4.78 is 8.68. The van der Waals surface area contributed by atoms with Gasteiger partial charge in [0.15, 0.2) is 5.78 Å². The lowest BCUT2D eigenvalue weighted by atomic mass is 9.99. The van der Waals surface area contributed by atoms with Gasteiger partial charge in [-0.3, -0.25) is 4.79 Å². The third-order valence-corrected chi connectivity index (χ3v) is 4.21. The minimum absolute atomic E-state index is 0.110. The monoisotopic (exact) mass is 384 g/mol. The van der Waals surface area contributed by atoms with E-state index in [9.17, 15) is 4.79 Å². The molecule has 0 spiro atoms. The van der Waals surface area contributed by atoms with Crippen LogP contribution in [0.25, 0.3) is 0 Å². The molecule has 0 bridgehead atoms. The van der Waals surface area contributed by atoms with Crippen molar-refractivity contribution in [3.8, 4) is 11.5 Å². The molecule has 1 atom stereocenters. The zero-order chi connectivity index (χ0) is 16.9. The van der Waals surface area contributed by atoms with E-state index >= 15 is 0 Å². The zero-order valence-corrected chi connectivity index (χ0v) is 14.8. The van der Waals surface area contributed by atoms with Crippen LogP contribution in [0.15, 0.2) is 71.7 Å². The van der Waals surface area contributed by atoms with E-state index in [2.05, 4.69) is 20.9 Å². The number of hydrogen-bond donors (Lipinski definition) is 0. The molecule has 0 fully saturated rings. The molecule has 3 rings (SSSR count). The highest BCUT2D eigenvalue weighted by Gasteiger charge is 2.15. The minimum Gasteiger partial charge on any atom is -0.457 e. The maximum atomic E-state index is 12.5. The standard InChI is InChI=1S/C19H17BrN2O2/c1-14(12-22-11-10-21-13-22)19(23)15-2-6-17(7-3-15)24-18-8-4-16(20)5-9-18/h2-11,13-14H,12H2,1H3. The number of ketones is 1. The molecule has 0 aliphatic rings. The van der Waals surface area contributed by atoms with Gasteiger partial charge in [0, 0.05) is 34.9 Å². The van der Waals surface area contributed by atoms with E-state index in [0.717, 1.165) is 10.2 Å². The van der Waals surface area contributed by atoms with Gasteiger partial charge in [0.25, 0.3) is 0 Å². The van der Waals surface area contributed by atoms with Crippen molar-refractivity contribution in [3.05, 3.63) is 77.3 Å². The van der Waals surface area contributed by atoms with Gasteiger partial charge in [0.05, 0.1) is 6.33 Å². The average molecular weight is 385 g/mol. The first-order valence-electron chi connectivity index (χ1n) is 7.65. The van der Waals surface area contributed by atoms with Crippen LogP contribution >= 0.6 is 15.9 Å². The van der Waals surface area contributed by atoms with Crippen LogP contribution in [0.2, 0.25) is 0 Å². The Morgan fingerprint density at radius 1 is 1.12 bits per heavy atom. The van der Waals surface area contributed by atoms with E-state index in [1.54, 1.807) is 24.7 Å². The molecular formula is C19H17BrN2O2. The number of nitrogens with zero attached hydrogens (tertiary/aromatic N) is 2. The van der Waals surface area contributed by atoms with Gasteiger partial charge in [-0.15, -0.1) is 0 Å². The number of aromatic nitrogens is 2. The number of rotatable bonds is 6. The Morgan fingerprint density at radius 2 is 1.75 bits per heavy atom. The summed E-state index contributed by atoms with van der Waals surface area (Å²) in [5.74, 6) is 1.46. The number of ether oxygens (including phenoxy) is 1. The molecule has 0 amide bonds. The van der Waals surface area contributed by atoms with E-state index in [4.69, 9.17) is 4.74 Å². The van der Waals surface area contributed by atoms with Crippen molar-refractivity contribution in [2.75, 3.05) is 0 Å². The van der Waals surface area contributed by atoms with E-state index in [1.165, 1.54) is 0 Å². The number of carbonyl (C=O) groups excluding carboxylic acids is 1. The highest BCUT2D eigenvalue weighted by molar-refractivity contribution is 9.10. The average Bonchev–Trinajstić information content (AvgIpc) is 3.10. The van der Waals surface area contributed by atoms with E-state index in [1.807, 2.05) is 54.1 Å². The van der Waals surface area contributed by atoms with Crippen LogP contribution in [0.1, 0.15) is 17.3 Å². The smallest absolute Gasteiger partial charge is 0.167 e. The Morgan fingerprint density at radius 3 is 2.33 bits per heavy atom. The molecular weight excluding hydrogens is 368 g/mol. The third kappa shape index (κ3) is 4.11. The summed E-state index contributed by atoms with van der Waals surface area (Å²) in [7, 11) is 0. The first kappa shape index (κ1) is 16.5. The fraction of sp³-hybridized carbons (Fsp3) is 0.158. The van der Waals surface area contributed by atoms with Crippen LogP contribution in [0, 0.1) is 5.92 Å². The summed E-state index contributed by atoms with van der Waals surface area (Å²) in [6, 6.07) is 14.9. The lowest BCUT2D eigenvalue weighted by Gasteiger charge is -2.12. The number of Topliss-reactive ketones (excluding diaryl/α,β-unsaturated/α-hetero) is 1. The highest BCUT2D eigenvalue weighted by Crippen LogP contribution is 2.24. The molecule has 1 aromatic heterocycles. The molecule has 4 nitrogen and oxygen atoms in total. The molecule has 2 aromatic carbocycles. The lowest BCUT2D eigenvalue weighted by Crippen LogP contribution is -2.17. The van der Waals surface area contributed by atoms with Crippen LogP contribution in [0.4, 0.5) is 0 Å². The number of halogens is 1. The van der Waals surface area contributed by atoms with Gasteiger partial charge in [-0.1, -0.05) is 22.9 Å². The summed E-state index contributed by atoms with van der Waals surface area (Å²) in [5, 5.41) is 0. The van der Waals surface area contributed by atoms with Gasteiger partial charge in [0.1, 0.15) is 11.5 Å². The molecule has 0 saturated carbocycles. The summed E-state index contributed by atoms with van der Waals surface area (Å²) in [5.41, 5.74) is 0.686. The predicted octanol–water partition coefficient (Wildman–Crippen LogP) is 4.96. The molecule has 122 valence electrons. The van der Waals surface area contributed by atoms with Crippen molar-refractivity contribution in [1.29, 1.82) is 0 Å². The first-order valence-corrected chi connectivity index (χ1v) is 8.44. The maximum Gasteiger partial charge on any atom is 0.167 e. The molecule has 1 heterocycles. The van der Waals surface area contributed by atoms with E-state index in [0.29, 0.717) is 17.9 Å². The molecule has 0 saturated heterocycles. The fourth-order valence-corrected chi connectivity index (χ4v) is 2.67. The summed E-state index contributed by atoms with van der Waals surface area (Å²) in [6.07, 6.45) is 5.29. The first-order chi connectivity index (χ1) is 11.6. The largest absolute Gasteiger partial charge is 0.457 e. The molecule has 0 aliphatic heterocycles. The van der Waals surface area contributed by atoms with Crippen molar-refractivity contribution in [3.63, 3.8) is 0 Å². The second-order valence-corrected chi connectivity index (χ2v) is 6.52. The zero-order valence-electron chi connectivity index (χ0n) is 13.2. The molecule has 3 aromatic rings. The summed E-state index contributed by atoms with van der Waals surface area (Å²) in [4.78, 5) is 16.5. The third-order valence-electron chi connectivity index (χ3n) is 3.68. The van der Waals surface area contributed by atoms with Gasteiger partial charge in [-0.05, 0) is 48.5 Å². The normalized spacial score (nSPS) is 11.9. The Labute approximate surface area is 149 Å². The summed E-state index contributed by atoms with van der Waals surface area (Å²) in [6.45, 7) is 2.55. The van der Waals surface area contributed by atoms with E-state index < -0.39 is 0 Å². The molecule has 5 heteroatoms. The number of hydrogen-bond acceptors (Lipinski definition) is 3. The van der Waals surface area contributed by atoms with Gasteiger partial charge in [-0.2, -0.15) is 0 Å². The van der Waals surface area contributed by atoms with E-state index in [-0.39, 0.29) is 11.7 Å². The van der Waals surface area contributed by atoms with Crippen LogP contribution in [0.5, 0.6) is 11.5 Å². The van der Waals surface area contributed by atoms with Crippen LogP contribution in [-0.4, -0.2) is 15.3 Å². The lowest BCUT2D eigenvalue weighted by molar-refractivity contribution is 0.0918. The second-order valence-electron chi connectivity index (χ2n) is 5.61. The van der Waals surface area contributed by atoms with Crippen molar-refractivity contribution < 1.29 is 9.53 Å². The van der Waals surface area contributed by atoms with Crippen LogP contribution in [0.3, 0.4) is 0 Å². The van der Waals surface area contributed by atoms with Gasteiger partial charge in [-0.25, -0.2) is 4.98 Å². The molecule has 1 unspecified atom stereocenters. The van der Waals surface area contributed by atoms with Crippen molar-refractivity contribution >= 4 is 21.7 Å². The molecule has 0 N–H and O–H groups in total.